The predicted octanol–water partition coefficient (Wildman–Crippen LogP) is 0.247. The number of ether oxygens (including phenoxy) is 1. The van der Waals surface area contributed by atoms with Crippen molar-refractivity contribution >= 4 is 38.4 Å². The first-order valence-electron chi connectivity index (χ1n) is 6.14. The first kappa shape index (κ1) is 17.5. The zero-order valence-electron chi connectivity index (χ0n) is 11.4. The van der Waals surface area contributed by atoms with Crippen LogP contribution >= 0.6 is 11.3 Å². The Kier molecular flexibility index (Phi) is 6.65. The van der Waals surface area contributed by atoms with Gasteiger partial charge in [0.1, 0.15) is 0 Å². The molecule has 0 bridgehead atoms. The number of sulfonamides is 1. The molecule has 9 nitrogen and oxygen atoms in total. The molecule has 0 aliphatic rings. The van der Waals surface area contributed by atoms with Gasteiger partial charge < -0.3 is 10.1 Å². The number of nitrogens with two attached hydrogens (primary N) is 1. The lowest BCUT2D eigenvalue weighted by atomic mass is 10.2. The summed E-state index contributed by atoms with van der Waals surface area (Å²) < 4.78 is 26.4. The number of rotatable bonds is 8. The lowest BCUT2D eigenvalue weighted by Crippen LogP contribution is -2.11. The van der Waals surface area contributed by atoms with E-state index in [1.54, 1.807) is 6.92 Å². The van der Waals surface area contributed by atoms with E-state index in [4.69, 9.17) is 9.88 Å². The van der Waals surface area contributed by atoms with Gasteiger partial charge in [-0.05, 0) is 19.8 Å². The highest BCUT2D eigenvalue weighted by Crippen LogP contribution is 2.18. The largest absolute Gasteiger partial charge is 0.466 e. The van der Waals surface area contributed by atoms with Gasteiger partial charge in [-0.25, -0.2) is 13.6 Å². The smallest absolute Gasteiger partial charge is 0.305 e. The molecule has 0 saturated carbocycles. The van der Waals surface area contributed by atoms with Crippen LogP contribution in [0.25, 0.3) is 0 Å². The van der Waals surface area contributed by atoms with Crippen LogP contribution in [-0.2, 0) is 24.3 Å². The van der Waals surface area contributed by atoms with Crippen molar-refractivity contribution in [1.29, 1.82) is 0 Å². The van der Waals surface area contributed by atoms with Crippen LogP contribution in [0.5, 0.6) is 0 Å². The molecule has 0 radical (unpaired) electrons. The fraction of sp³-hybridized carbons (Fsp3) is 0.600. The fourth-order valence-electron chi connectivity index (χ4n) is 1.35. The lowest BCUT2D eigenvalue weighted by molar-refractivity contribution is -0.143. The van der Waals surface area contributed by atoms with Gasteiger partial charge in [-0.2, -0.15) is 0 Å². The number of carbonyl (C=O) groups excluding carboxylic acids is 2. The van der Waals surface area contributed by atoms with Crippen LogP contribution in [-0.4, -0.2) is 37.1 Å². The monoisotopic (exact) mass is 336 g/mol. The summed E-state index contributed by atoms with van der Waals surface area (Å²) in [5, 5.41) is 14.2. The van der Waals surface area contributed by atoms with E-state index >= 15 is 0 Å². The average Bonchev–Trinajstić information content (AvgIpc) is 2.83. The second-order valence-electron chi connectivity index (χ2n) is 3.98. The molecule has 0 aliphatic heterocycles. The lowest BCUT2D eigenvalue weighted by Gasteiger charge is -2.02. The Morgan fingerprint density at radius 2 is 1.95 bits per heavy atom. The summed E-state index contributed by atoms with van der Waals surface area (Å²) in [6.07, 6.45) is 1.48. The van der Waals surface area contributed by atoms with Gasteiger partial charge in [0.25, 0.3) is 10.0 Å². The van der Waals surface area contributed by atoms with Crippen LogP contribution in [0.15, 0.2) is 4.34 Å². The molecule has 0 unspecified atom stereocenters. The predicted molar refractivity (Wildman–Crippen MR) is 75.0 cm³/mol. The van der Waals surface area contributed by atoms with Gasteiger partial charge in [-0.15, -0.1) is 10.2 Å². The molecule has 21 heavy (non-hydrogen) atoms. The Labute approximate surface area is 125 Å². The van der Waals surface area contributed by atoms with Crippen molar-refractivity contribution in [2.75, 3.05) is 11.9 Å². The van der Waals surface area contributed by atoms with Gasteiger partial charge in [0.05, 0.1) is 6.61 Å². The van der Waals surface area contributed by atoms with Crippen molar-refractivity contribution < 1.29 is 22.7 Å². The molecule has 11 heteroatoms. The first-order chi connectivity index (χ1) is 9.82. The molecule has 1 amide bonds. The number of hydrogen-bond donors (Lipinski definition) is 2. The quantitative estimate of drug-likeness (QED) is 0.393. The molecule has 1 aromatic heterocycles. The summed E-state index contributed by atoms with van der Waals surface area (Å²) in [5.41, 5.74) is 0. The van der Waals surface area contributed by atoms with Gasteiger partial charge in [0, 0.05) is 12.8 Å². The number of hydrogen-bond acceptors (Lipinski definition) is 8. The number of aromatic nitrogens is 2. The summed E-state index contributed by atoms with van der Waals surface area (Å²) in [6, 6.07) is 0. The zero-order valence-corrected chi connectivity index (χ0v) is 13.0. The molecule has 0 atom stereocenters. The number of unbranched alkanes of at least 4 members (excludes halogenated alkanes) is 1. The molecule has 0 spiro atoms. The molecule has 118 valence electrons. The standard InChI is InChI=1S/C10H16N4O5S2/c1-2-19-8(16)6-4-3-5-7(15)12-9-13-14-10(20-9)21(11,17)18/h2-6H2,1H3,(H2,11,17,18)(H,12,13,15). The highest BCUT2D eigenvalue weighted by Gasteiger charge is 2.16. The Morgan fingerprint density at radius 1 is 1.29 bits per heavy atom. The van der Waals surface area contributed by atoms with E-state index in [0.717, 1.165) is 0 Å². The van der Waals surface area contributed by atoms with Gasteiger partial charge in [-0.1, -0.05) is 11.3 Å². The van der Waals surface area contributed by atoms with Crippen LogP contribution in [0.4, 0.5) is 5.13 Å². The minimum absolute atomic E-state index is 0.0643. The van der Waals surface area contributed by atoms with Crippen molar-refractivity contribution in [3.63, 3.8) is 0 Å². The van der Waals surface area contributed by atoms with Crippen molar-refractivity contribution in [1.82, 2.24) is 10.2 Å². The SMILES string of the molecule is CCOC(=O)CCCCC(=O)Nc1nnc(S(N)(=O)=O)s1. The van der Waals surface area contributed by atoms with Crippen LogP contribution in [0.3, 0.4) is 0 Å². The summed E-state index contributed by atoms with van der Waals surface area (Å²) in [6.45, 7) is 2.06. The molecule has 0 aromatic carbocycles. The van der Waals surface area contributed by atoms with Crippen molar-refractivity contribution in [3.05, 3.63) is 0 Å². The normalized spacial score (nSPS) is 11.1. The fourth-order valence-corrected chi connectivity index (χ4v) is 2.69. The van der Waals surface area contributed by atoms with Crippen molar-refractivity contribution in [3.8, 4) is 0 Å². The average molecular weight is 336 g/mol. The minimum atomic E-state index is -3.91. The Bertz CT molecular complexity index is 598. The molecule has 0 aliphatic carbocycles. The topological polar surface area (TPSA) is 141 Å². The van der Waals surface area contributed by atoms with Crippen LogP contribution in [0.2, 0.25) is 0 Å². The number of nitrogens with one attached hydrogen (secondary N) is 1. The Balaban J connectivity index is 2.31. The highest BCUT2D eigenvalue weighted by atomic mass is 32.2. The van der Waals surface area contributed by atoms with Gasteiger partial charge in [0.15, 0.2) is 0 Å². The minimum Gasteiger partial charge on any atom is -0.466 e. The second kappa shape index (κ2) is 8.00. The summed E-state index contributed by atoms with van der Waals surface area (Å²) in [7, 11) is -3.91. The van der Waals surface area contributed by atoms with Crippen molar-refractivity contribution in [2.24, 2.45) is 5.14 Å². The van der Waals surface area contributed by atoms with Crippen LogP contribution in [0, 0.1) is 0 Å². The van der Waals surface area contributed by atoms with E-state index in [9.17, 15) is 18.0 Å². The van der Waals surface area contributed by atoms with Crippen LogP contribution < -0.4 is 10.5 Å². The van der Waals surface area contributed by atoms with Gasteiger partial charge in [-0.3, -0.25) is 9.59 Å². The maximum absolute atomic E-state index is 11.6. The first-order valence-corrected chi connectivity index (χ1v) is 8.51. The summed E-state index contributed by atoms with van der Waals surface area (Å²) >= 11 is 0.678. The molecule has 0 saturated heterocycles. The summed E-state index contributed by atoms with van der Waals surface area (Å²) in [4.78, 5) is 22.6. The van der Waals surface area contributed by atoms with E-state index < -0.39 is 10.0 Å². The maximum Gasteiger partial charge on any atom is 0.305 e. The van der Waals surface area contributed by atoms with Crippen molar-refractivity contribution in [2.45, 2.75) is 36.9 Å². The molecule has 1 aromatic rings. The third kappa shape index (κ3) is 6.60. The second-order valence-corrected chi connectivity index (χ2v) is 6.69. The van der Waals surface area contributed by atoms with Gasteiger partial charge in [0.2, 0.25) is 15.4 Å². The number of esters is 1. The number of carbonyl (C=O) groups is 2. The number of nitrogens with zero attached hydrogens (tertiary/aromatic N) is 2. The van der Waals surface area contributed by atoms with E-state index in [1.807, 2.05) is 0 Å². The molecule has 1 heterocycles. The molecular weight excluding hydrogens is 320 g/mol. The van der Waals surface area contributed by atoms with E-state index in [2.05, 4.69) is 15.5 Å². The zero-order chi connectivity index (χ0) is 15.9. The number of anilines is 1. The maximum atomic E-state index is 11.6. The highest BCUT2D eigenvalue weighted by molar-refractivity contribution is 7.91. The Hall–Kier alpha value is -1.59. The number of amides is 1. The van der Waals surface area contributed by atoms with E-state index in [0.29, 0.717) is 30.8 Å². The van der Waals surface area contributed by atoms with E-state index in [1.165, 1.54) is 0 Å². The van der Waals surface area contributed by atoms with Crippen LogP contribution in [0.1, 0.15) is 32.6 Å². The summed E-state index contributed by atoms with van der Waals surface area (Å²) in [5.74, 6) is -0.629. The number of primary sulfonamides is 1. The Morgan fingerprint density at radius 3 is 2.52 bits per heavy atom. The molecular formula is C10H16N4O5S2. The third-order valence-electron chi connectivity index (χ3n) is 2.24. The molecule has 3 N–H and O–H groups in total. The molecule has 1 rings (SSSR count). The molecule has 0 fully saturated rings. The van der Waals surface area contributed by atoms with E-state index in [-0.39, 0.29) is 34.2 Å². The van der Waals surface area contributed by atoms with Gasteiger partial charge >= 0.3 is 5.97 Å². The third-order valence-corrected chi connectivity index (χ3v) is 4.38.